The molecule has 1 saturated heterocycles. The number of nitrogens with zero attached hydrogens (tertiary/aromatic N) is 2. The second kappa shape index (κ2) is 9.82. The summed E-state index contributed by atoms with van der Waals surface area (Å²) in [7, 11) is 0. The monoisotopic (exact) mass is 561 g/mol. The lowest BCUT2D eigenvalue weighted by Gasteiger charge is -2.57. The molecule has 6 heteroatoms. The van der Waals surface area contributed by atoms with Crippen molar-refractivity contribution >= 4 is 29.6 Å². The lowest BCUT2D eigenvalue weighted by Crippen LogP contribution is -2.54. The first-order chi connectivity index (χ1) is 20.2. The van der Waals surface area contributed by atoms with Crippen molar-refractivity contribution in [3.05, 3.63) is 87.7 Å². The van der Waals surface area contributed by atoms with E-state index in [1.54, 1.807) is 6.08 Å². The molecule has 4 bridgehead atoms. The number of carbonyl (C=O) groups excluding carboxylic acids is 3. The van der Waals surface area contributed by atoms with E-state index in [4.69, 9.17) is 0 Å². The number of aryl methyl sites for hydroxylation is 3. The van der Waals surface area contributed by atoms with E-state index in [-0.39, 0.29) is 11.0 Å². The lowest BCUT2D eigenvalue weighted by atomic mass is 9.48. The zero-order valence-corrected chi connectivity index (χ0v) is 25.0. The number of amides is 4. The first kappa shape index (κ1) is 26.9. The standard InChI is InChI=1S/C36H39N3O3/c1-5-27-8-6-7-21(2)32(27)38-22(3)13-28(23(38)4)17-31-33(40)37-35(42)39(34(31)41)30-11-9-29(10-12-30)36-18-24-14-25(19-36)16-26(15-24)20-36/h6-13,17,24-26H,5,14-16,18-20H2,1-4H3,(H,37,40,42)/b31-17+. The fourth-order valence-electron chi connectivity index (χ4n) is 9.08. The van der Waals surface area contributed by atoms with E-state index >= 15 is 0 Å². The van der Waals surface area contributed by atoms with E-state index in [9.17, 15) is 14.4 Å². The Bertz CT molecular complexity index is 1620. The van der Waals surface area contributed by atoms with E-state index in [0.29, 0.717) is 5.69 Å². The predicted molar refractivity (Wildman–Crippen MR) is 165 cm³/mol. The molecule has 216 valence electrons. The fraction of sp³-hybridized carbons (Fsp3) is 0.417. The SMILES string of the molecule is CCc1cccc(C)c1-n1c(C)cc(/C=C2\C(=O)NC(=O)N(c3ccc(C45CC6CC(CC(C6)C4)C5)cc3)C2=O)c1C. The van der Waals surface area contributed by atoms with E-state index in [1.807, 2.05) is 32.0 Å². The van der Waals surface area contributed by atoms with Crippen molar-refractivity contribution in [2.75, 3.05) is 4.90 Å². The summed E-state index contributed by atoms with van der Waals surface area (Å²) in [6.07, 6.45) is 10.4. The normalized spacial score (nSPS) is 27.7. The van der Waals surface area contributed by atoms with Gasteiger partial charge in [-0.05, 0) is 135 Å². The van der Waals surface area contributed by atoms with Crippen LogP contribution in [0.2, 0.25) is 0 Å². The third-order valence-electron chi connectivity index (χ3n) is 10.6. The second-order valence-electron chi connectivity index (χ2n) is 13.3. The van der Waals surface area contributed by atoms with Crippen LogP contribution < -0.4 is 10.2 Å². The summed E-state index contributed by atoms with van der Waals surface area (Å²) in [5.41, 5.74) is 8.28. The molecule has 1 N–H and O–H groups in total. The average Bonchev–Trinajstić information content (AvgIpc) is 3.22. The van der Waals surface area contributed by atoms with Crippen LogP contribution in [0.3, 0.4) is 0 Å². The maximum atomic E-state index is 13.8. The molecule has 2 heterocycles. The molecular formula is C36H39N3O3. The maximum Gasteiger partial charge on any atom is 0.335 e. The highest BCUT2D eigenvalue weighted by Gasteiger charge is 2.51. The number of barbiturate groups is 1. The van der Waals surface area contributed by atoms with E-state index in [0.717, 1.165) is 57.3 Å². The molecule has 6 nitrogen and oxygen atoms in total. The number of rotatable bonds is 5. The molecule has 4 aliphatic carbocycles. The van der Waals surface area contributed by atoms with Crippen molar-refractivity contribution in [1.29, 1.82) is 0 Å². The Kier molecular flexibility index (Phi) is 6.30. The van der Waals surface area contributed by atoms with Gasteiger partial charge in [-0.15, -0.1) is 0 Å². The minimum absolute atomic E-state index is 0.0412. The molecule has 4 amide bonds. The largest absolute Gasteiger partial charge is 0.335 e. The zero-order chi connectivity index (χ0) is 29.3. The van der Waals surface area contributed by atoms with Gasteiger partial charge in [0.1, 0.15) is 5.57 Å². The highest BCUT2D eigenvalue weighted by Crippen LogP contribution is 2.60. The summed E-state index contributed by atoms with van der Waals surface area (Å²) in [6, 6.07) is 15.6. The van der Waals surface area contributed by atoms with E-state index < -0.39 is 17.8 Å². The van der Waals surface area contributed by atoms with Gasteiger partial charge in [0.25, 0.3) is 11.8 Å². The van der Waals surface area contributed by atoms with Gasteiger partial charge in [0.05, 0.1) is 11.4 Å². The smallest absolute Gasteiger partial charge is 0.317 e. The van der Waals surface area contributed by atoms with Gasteiger partial charge in [0.2, 0.25) is 0 Å². The zero-order valence-electron chi connectivity index (χ0n) is 25.0. The number of para-hydroxylation sites is 1. The van der Waals surface area contributed by atoms with Crippen molar-refractivity contribution in [2.45, 2.75) is 78.1 Å². The number of benzene rings is 2. The molecule has 3 aromatic rings. The molecule has 2 aromatic carbocycles. The molecule has 0 spiro atoms. The number of carbonyl (C=O) groups is 3. The average molecular weight is 562 g/mol. The first-order valence-electron chi connectivity index (χ1n) is 15.5. The molecule has 5 fully saturated rings. The van der Waals surface area contributed by atoms with Gasteiger partial charge in [0.15, 0.2) is 0 Å². The van der Waals surface area contributed by atoms with Gasteiger partial charge >= 0.3 is 6.03 Å². The number of urea groups is 1. The van der Waals surface area contributed by atoms with Crippen LogP contribution >= 0.6 is 0 Å². The molecule has 4 saturated carbocycles. The summed E-state index contributed by atoms with van der Waals surface area (Å²) in [5, 5.41) is 2.40. The molecule has 0 atom stereocenters. The second-order valence-corrected chi connectivity index (χ2v) is 13.3. The third-order valence-corrected chi connectivity index (χ3v) is 10.6. The Morgan fingerprint density at radius 2 is 1.55 bits per heavy atom. The minimum Gasteiger partial charge on any atom is -0.317 e. The number of aromatic nitrogens is 1. The van der Waals surface area contributed by atoms with E-state index in [2.05, 4.69) is 54.1 Å². The van der Waals surface area contributed by atoms with Gasteiger partial charge in [-0.2, -0.15) is 0 Å². The Labute approximate surface area is 247 Å². The fourth-order valence-corrected chi connectivity index (χ4v) is 9.08. The van der Waals surface area contributed by atoms with Crippen molar-refractivity contribution in [3.8, 4) is 5.69 Å². The van der Waals surface area contributed by atoms with Crippen molar-refractivity contribution in [3.63, 3.8) is 0 Å². The van der Waals surface area contributed by atoms with Crippen LogP contribution in [0, 0.1) is 38.5 Å². The van der Waals surface area contributed by atoms with Crippen LogP contribution in [-0.2, 0) is 21.4 Å². The topological polar surface area (TPSA) is 71.4 Å². The summed E-state index contributed by atoms with van der Waals surface area (Å²) in [5.74, 6) is 1.25. The number of hydrogen-bond donors (Lipinski definition) is 1. The summed E-state index contributed by atoms with van der Waals surface area (Å²) < 4.78 is 2.19. The number of hydrogen-bond acceptors (Lipinski definition) is 3. The molecular weight excluding hydrogens is 522 g/mol. The van der Waals surface area contributed by atoms with Gasteiger partial charge in [-0.1, -0.05) is 37.3 Å². The van der Waals surface area contributed by atoms with Crippen LogP contribution in [-0.4, -0.2) is 22.4 Å². The molecule has 1 aromatic heterocycles. The molecule has 1 aliphatic heterocycles. The third kappa shape index (κ3) is 4.18. The predicted octanol–water partition coefficient (Wildman–Crippen LogP) is 7.10. The molecule has 5 aliphatic rings. The number of anilines is 1. The number of nitrogens with one attached hydrogen (secondary N) is 1. The summed E-state index contributed by atoms with van der Waals surface area (Å²) >= 11 is 0. The quantitative estimate of drug-likeness (QED) is 0.267. The Morgan fingerprint density at radius 3 is 2.17 bits per heavy atom. The maximum absolute atomic E-state index is 13.8. The highest BCUT2D eigenvalue weighted by molar-refractivity contribution is 6.39. The number of imide groups is 2. The van der Waals surface area contributed by atoms with Gasteiger partial charge in [0, 0.05) is 11.4 Å². The van der Waals surface area contributed by atoms with Gasteiger partial charge in [-0.3, -0.25) is 14.9 Å². The van der Waals surface area contributed by atoms with Crippen molar-refractivity contribution < 1.29 is 14.4 Å². The molecule has 8 rings (SSSR count). The summed E-state index contributed by atoms with van der Waals surface area (Å²) in [6.45, 7) is 8.27. The van der Waals surface area contributed by atoms with Crippen molar-refractivity contribution in [1.82, 2.24) is 9.88 Å². The first-order valence-corrected chi connectivity index (χ1v) is 15.5. The van der Waals surface area contributed by atoms with Crippen LogP contribution in [0.4, 0.5) is 10.5 Å². The van der Waals surface area contributed by atoms with Gasteiger partial charge < -0.3 is 4.57 Å². The summed E-state index contributed by atoms with van der Waals surface area (Å²) in [4.78, 5) is 40.8. The lowest BCUT2D eigenvalue weighted by molar-refractivity contribution is -0.122. The van der Waals surface area contributed by atoms with Crippen LogP contribution in [0.1, 0.15) is 79.1 Å². The van der Waals surface area contributed by atoms with Gasteiger partial charge in [-0.25, -0.2) is 9.69 Å². The van der Waals surface area contributed by atoms with Crippen molar-refractivity contribution in [2.24, 2.45) is 17.8 Å². The van der Waals surface area contributed by atoms with Crippen LogP contribution in [0.25, 0.3) is 11.8 Å². The highest BCUT2D eigenvalue weighted by atomic mass is 16.2. The molecule has 0 unspecified atom stereocenters. The molecule has 0 radical (unpaired) electrons. The minimum atomic E-state index is -0.706. The Hall–Kier alpha value is -3.93. The van der Waals surface area contributed by atoms with Crippen LogP contribution in [0.5, 0.6) is 0 Å². The van der Waals surface area contributed by atoms with E-state index in [1.165, 1.54) is 49.7 Å². The van der Waals surface area contributed by atoms with Crippen LogP contribution in [0.15, 0.2) is 54.1 Å². The molecule has 42 heavy (non-hydrogen) atoms. The Balaban J connectivity index is 1.20. The Morgan fingerprint density at radius 1 is 0.905 bits per heavy atom.